The van der Waals surface area contributed by atoms with E-state index in [-0.39, 0.29) is 59.9 Å². The number of carbonyl (C=O) groups excluding carboxylic acids is 3. The van der Waals surface area contributed by atoms with Crippen LogP contribution >= 0.6 is 11.6 Å². The summed E-state index contributed by atoms with van der Waals surface area (Å²) in [6, 6.07) is 8.95. The van der Waals surface area contributed by atoms with Gasteiger partial charge < -0.3 is 31.5 Å². The zero-order chi connectivity index (χ0) is 23.7. The summed E-state index contributed by atoms with van der Waals surface area (Å²) >= 11 is 6.05. The molecular formula is C21H24ClN5O5. The standard InChI is InChI=1S/C21H24ClN5O5/c1-25-18(29)11-32-17-9-12(19(23)24)2-3-13(17)10-27-21(31)15-6-14(7-16(22)8-15)20(30)26-4-5-28/h2-3,6-9,28H,4-5,10-11H2,1H3,(H3,23,24)(H,25,29)(H,26,30)(H,27,31). The van der Waals surface area contributed by atoms with E-state index >= 15 is 0 Å². The molecule has 2 aromatic carbocycles. The van der Waals surface area contributed by atoms with E-state index in [1.54, 1.807) is 12.1 Å². The molecule has 7 N–H and O–H groups in total. The number of hydrogen-bond donors (Lipinski definition) is 6. The van der Waals surface area contributed by atoms with Gasteiger partial charge in [0, 0.05) is 47.4 Å². The van der Waals surface area contributed by atoms with Crippen LogP contribution in [0, 0.1) is 5.41 Å². The van der Waals surface area contributed by atoms with E-state index in [9.17, 15) is 14.4 Å². The maximum atomic E-state index is 12.7. The van der Waals surface area contributed by atoms with Crippen molar-refractivity contribution in [2.24, 2.45) is 5.73 Å². The Morgan fingerprint density at radius 1 is 1.06 bits per heavy atom. The average Bonchev–Trinajstić information content (AvgIpc) is 2.78. The lowest BCUT2D eigenvalue weighted by molar-refractivity contribution is -0.122. The Hall–Kier alpha value is -3.63. The number of aliphatic hydroxyl groups is 1. The molecule has 0 aliphatic heterocycles. The number of hydrogen-bond acceptors (Lipinski definition) is 6. The van der Waals surface area contributed by atoms with Crippen LogP contribution in [0.1, 0.15) is 31.8 Å². The molecule has 0 unspecified atom stereocenters. The van der Waals surface area contributed by atoms with Gasteiger partial charge in [-0.3, -0.25) is 19.8 Å². The number of nitrogens with one attached hydrogen (secondary N) is 4. The van der Waals surface area contributed by atoms with Crippen LogP contribution < -0.4 is 26.4 Å². The monoisotopic (exact) mass is 461 g/mol. The van der Waals surface area contributed by atoms with Gasteiger partial charge >= 0.3 is 0 Å². The fraction of sp³-hybridized carbons (Fsp3) is 0.238. The number of aliphatic hydroxyl groups excluding tert-OH is 1. The normalized spacial score (nSPS) is 10.2. The summed E-state index contributed by atoms with van der Waals surface area (Å²) in [6.45, 7) is -0.355. The van der Waals surface area contributed by atoms with E-state index in [1.807, 2.05) is 0 Å². The van der Waals surface area contributed by atoms with E-state index < -0.39 is 11.8 Å². The van der Waals surface area contributed by atoms with Crippen molar-refractivity contribution in [3.05, 3.63) is 63.7 Å². The molecule has 0 aromatic heterocycles. The van der Waals surface area contributed by atoms with Crippen molar-refractivity contribution in [3.8, 4) is 5.75 Å². The van der Waals surface area contributed by atoms with Gasteiger partial charge in [-0.15, -0.1) is 0 Å². The summed E-state index contributed by atoms with van der Waals surface area (Å²) in [5, 5.41) is 24.2. The lowest BCUT2D eigenvalue weighted by Crippen LogP contribution is -2.28. The van der Waals surface area contributed by atoms with Crippen LogP contribution in [-0.4, -0.2) is 55.5 Å². The van der Waals surface area contributed by atoms with E-state index in [2.05, 4.69) is 16.0 Å². The van der Waals surface area contributed by atoms with Gasteiger partial charge in [-0.1, -0.05) is 23.7 Å². The summed E-state index contributed by atoms with van der Waals surface area (Å²) in [6.07, 6.45) is 0. The SMILES string of the molecule is CNC(=O)COc1cc(C(=N)N)ccc1CNC(=O)c1cc(Cl)cc(C(=O)NCCO)c1. The molecule has 0 atom stereocenters. The molecule has 0 bridgehead atoms. The summed E-state index contributed by atoms with van der Waals surface area (Å²) in [5.41, 5.74) is 6.81. The number of carbonyl (C=O) groups is 3. The minimum Gasteiger partial charge on any atom is -0.483 e. The second-order valence-electron chi connectivity index (χ2n) is 6.59. The van der Waals surface area contributed by atoms with Crippen LogP contribution in [0.25, 0.3) is 0 Å². The second kappa shape index (κ2) is 11.7. The molecule has 0 saturated carbocycles. The largest absolute Gasteiger partial charge is 0.483 e. The molecule has 0 spiro atoms. The Kier molecular flexibility index (Phi) is 8.99. The first-order chi connectivity index (χ1) is 15.2. The topological polar surface area (TPSA) is 167 Å². The molecule has 32 heavy (non-hydrogen) atoms. The molecule has 2 rings (SSSR count). The number of amides is 3. The predicted molar refractivity (Wildman–Crippen MR) is 119 cm³/mol. The molecule has 2 aromatic rings. The average molecular weight is 462 g/mol. The van der Waals surface area contributed by atoms with Crippen LogP contribution in [0.3, 0.4) is 0 Å². The number of ether oxygens (including phenoxy) is 1. The third-order valence-corrected chi connectivity index (χ3v) is 4.49. The van der Waals surface area contributed by atoms with Crippen LogP contribution in [-0.2, 0) is 11.3 Å². The van der Waals surface area contributed by atoms with E-state index in [0.717, 1.165) is 0 Å². The maximum absolute atomic E-state index is 12.7. The lowest BCUT2D eigenvalue weighted by atomic mass is 10.1. The Morgan fingerprint density at radius 3 is 2.31 bits per heavy atom. The highest BCUT2D eigenvalue weighted by Gasteiger charge is 2.14. The Balaban J connectivity index is 2.18. The highest BCUT2D eigenvalue weighted by molar-refractivity contribution is 6.31. The first kappa shape index (κ1) is 24.6. The number of nitrogens with two attached hydrogens (primary N) is 1. The first-order valence-electron chi connectivity index (χ1n) is 9.53. The summed E-state index contributed by atoms with van der Waals surface area (Å²) in [5.74, 6) is -1.19. The van der Waals surface area contributed by atoms with Gasteiger partial charge in [0.1, 0.15) is 11.6 Å². The van der Waals surface area contributed by atoms with Gasteiger partial charge in [-0.25, -0.2) is 0 Å². The highest BCUT2D eigenvalue weighted by atomic mass is 35.5. The van der Waals surface area contributed by atoms with E-state index in [0.29, 0.717) is 11.1 Å². The molecule has 0 fully saturated rings. The zero-order valence-corrected chi connectivity index (χ0v) is 18.1. The third-order valence-electron chi connectivity index (χ3n) is 4.27. The molecule has 3 amide bonds. The molecule has 170 valence electrons. The summed E-state index contributed by atoms with van der Waals surface area (Å²) < 4.78 is 5.52. The van der Waals surface area contributed by atoms with Crippen LogP contribution in [0.5, 0.6) is 5.75 Å². The molecular weight excluding hydrogens is 438 g/mol. The van der Waals surface area contributed by atoms with E-state index in [1.165, 1.54) is 31.3 Å². The van der Waals surface area contributed by atoms with Gasteiger partial charge in [0.25, 0.3) is 17.7 Å². The fourth-order valence-electron chi connectivity index (χ4n) is 2.62. The molecule has 0 saturated heterocycles. The van der Waals surface area contributed by atoms with Gasteiger partial charge in [-0.05, 0) is 24.3 Å². The van der Waals surface area contributed by atoms with Crippen LogP contribution in [0.15, 0.2) is 36.4 Å². The van der Waals surface area contributed by atoms with Crippen molar-refractivity contribution < 1.29 is 24.2 Å². The van der Waals surface area contributed by atoms with Crippen molar-refractivity contribution in [2.75, 3.05) is 26.8 Å². The number of amidine groups is 1. The smallest absolute Gasteiger partial charge is 0.257 e. The number of benzene rings is 2. The van der Waals surface area contributed by atoms with Crippen LogP contribution in [0.2, 0.25) is 5.02 Å². The highest BCUT2D eigenvalue weighted by Crippen LogP contribution is 2.21. The summed E-state index contributed by atoms with van der Waals surface area (Å²) in [7, 11) is 1.47. The van der Waals surface area contributed by atoms with Gasteiger partial charge in [0.15, 0.2) is 6.61 Å². The van der Waals surface area contributed by atoms with Crippen molar-refractivity contribution in [1.29, 1.82) is 5.41 Å². The lowest BCUT2D eigenvalue weighted by Gasteiger charge is -2.14. The first-order valence-corrected chi connectivity index (χ1v) is 9.91. The number of halogens is 1. The quantitative estimate of drug-likeness (QED) is 0.221. The molecule has 0 radical (unpaired) electrons. The van der Waals surface area contributed by atoms with Crippen molar-refractivity contribution in [1.82, 2.24) is 16.0 Å². The minimum absolute atomic E-state index is 0.0403. The van der Waals surface area contributed by atoms with Crippen molar-refractivity contribution in [2.45, 2.75) is 6.54 Å². The Morgan fingerprint density at radius 2 is 1.72 bits per heavy atom. The molecule has 11 heteroatoms. The fourth-order valence-corrected chi connectivity index (χ4v) is 2.85. The number of nitrogen functional groups attached to an aromatic ring is 1. The Labute approximate surface area is 189 Å². The van der Waals surface area contributed by atoms with Gasteiger partial charge in [0.05, 0.1) is 6.61 Å². The molecule has 0 heterocycles. The second-order valence-corrected chi connectivity index (χ2v) is 7.03. The molecule has 0 aliphatic carbocycles. The van der Waals surface area contributed by atoms with E-state index in [4.69, 9.17) is 32.6 Å². The third kappa shape index (κ3) is 6.96. The van der Waals surface area contributed by atoms with Crippen LogP contribution in [0.4, 0.5) is 0 Å². The van der Waals surface area contributed by atoms with Gasteiger partial charge in [-0.2, -0.15) is 0 Å². The predicted octanol–water partition coefficient (Wildman–Crippen LogP) is 0.401. The number of rotatable bonds is 10. The van der Waals surface area contributed by atoms with Gasteiger partial charge in [0.2, 0.25) is 0 Å². The summed E-state index contributed by atoms with van der Waals surface area (Å²) in [4.78, 5) is 36.3. The van der Waals surface area contributed by atoms with Crippen molar-refractivity contribution >= 4 is 35.2 Å². The van der Waals surface area contributed by atoms with Crippen molar-refractivity contribution in [3.63, 3.8) is 0 Å². The number of likely N-dealkylation sites (N-methyl/N-ethyl adjacent to an activating group) is 1. The zero-order valence-electron chi connectivity index (χ0n) is 17.3. The maximum Gasteiger partial charge on any atom is 0.257 e. The molecule has 10 nitrogen and oxygen atoms in total. The molecule has 0 aliphatic rings. The Bertz CT molecular complexity index is 1030. The minimum atomic E-state index is -0.489.